The first kappa shape index (κ1) is 15.7. The number of likely N-dealkylation sites (tertiary alicyclic amines) is 1. The lowest BCUT2D eigenvalue weighted by atomic mass is 9.75. The van der Waals surface area contributed by atoms with Gasteiger partial charge in [0.2, 0.25) is 11.7 Å². The maximum Gasteiger partial charge on any atom is 0.241 e. The van der Waals surface area contributed by atoms with E-state index in [2.05, 4.69) is 22.0 Å². The summed E-state index contributed by atoms with van der Waals surface area (Å²) in [6.07, 6.45) is 0.920. The molecule has 0 spiro atoms. The first-order chi connectivity index (χ1) is 11.7. The van der Waals surface area contributed by atoms with E-state index in [-0.39, 0.29) is 12.0 Å². The van der Waals surface area contributed by atoms with E-state index in [1.807, 2.05) is 24.3 Å². The van der Waals surface area contributed by atoms with Crippen LogP contribution in [0.3, 0.4) is 0 Å². The van der Waals surface area contributed by atoms with Gasteiger partial charge in [0.05, 0.1) is 19.8 Å². The Balaban J connectivity index is 1.46. The van der Waals surface area contributed by atoms with Crippen molar-refractivity contribution >= 4 is 0 Å². The van der Waals surface area contributed by atoms with Crippen LogP contribution in [0.1, 0.15) is 17.9 Å². The second-order valence-electron chi connectivity index (χ2n) is 7.09. The van der Waals surface area contributed by atoms with Crippen molar-refractivity contribution in [2.24, 2.45) is 11.3 Å². The van der Waals surface area contributed by atoms with Gasteiger partial charge >= 0.3 is 0 Å². The van der Waals surface area contributed by atoms with Crippen LogP contribution in [0.5, 0.6) is 0 Å². The molecule has 0 aliphatic carbocycles. The van der Waals surface area contributed by atoms with Crippen molar-refractivity contribution in [3.8, 4) is 11.4 Å². The number of ether oxygens (including phenoxy) is 1. The number of aliphatic hydroxyl groups is 1. The molecule has 0 unspecified atom stereocenters. The van der Waals surface area contributed by atoms with Crippen LogP contribution in [-0.4, -0.2) is 53.1 Å². The van der Waals surface area contributed by atoms with Crippen LogP contribution in [0.4, 0.5) is 0 Å². The van der Waals surface area contributed by atoms with Crippen LogP contribution in [-0.2, 0) is 11.3 Å². The molecule has 1 N–H and O–H groups in total. The quantitative estimate of drug-likeness (QED) is 0.923. The number of rotatable bonds is 4. The van der Waals surface area contributed by atoms with Crippen molar-refractivity contribution in [2.75, 3.05) is 32.9 Å². The number of fused-ring (bicyclic) bond motifs is 1. The fourth-order valence-electron chi connectivity index (χ4n) is 3.87. The molecule has 6 heteroatoms. The van der Waals surface area contributed by atoms with E-state index in [9.17, 15) is 5.11 Å². The third-order valence-corrected chi connectivity index (χ3v) is 5.40. The second kappa shape index (κ2) is 6.27. The monoisotopic (exact) mass is 329 g/mol. The van der Waals surface area contributed by atoms with E-state index < -0.39 is 0 Å². The largest absolute Gasteiger partial charge is 0.396 e. The summed E-state index contributed by atoms with van der Waals surface area (Å²) in [5.74, 6) is 1.63. The first-order valence-electron chi connectivity index (χ1n) is 8.49. The molecule has 2 aliphatic heterocycles. The van der Waals surface area contributed by atoms with Crippen LogP contribution in [0.2, 0.25) is 0 Å². The van der Waals surface area contributed by atoms with Gasteiger partial charge in [-0.25, -0.2) is 0 Å². The van der Waals surface area contributed by atoms with E-state index >= 15 is 0 Å². The molecule has 128 valence electrons. The van der Waals surface area contributed by atoms with Crippen molar-refractivity contribution in [1.29, 1.82) is 0 Å². The van der Waals surface area contributed by atoms with E-state index in [0.717, 1.165) is 38.3 Å². The number of aryl methyl sites for hydroxylation is 1. The number of benzene rings is 1. The zero-order valence-electron chi connectivity index (χ0n) is 13.9. The number of nitrogens with zero attached hydrogens (tertiary/aromatic N) is 3. The molecule has 2 fully saturated rings. The van der Waals surface area contributed by atoms with E-state index in [4.69, 9.17) is 9.26 Å². The summed E-state index contributed by atoms with van der Waals surface area (Å²) in [5.41, 5.74) is 2.14. The predicted molar refractivity (Wildman–Crippen MR) is 88.2 cm³/mol. The molecule has 0 amide bonds. The molecule has 0 saturated carbocycles. The fraction of sp³-hybridized carbons (Fsp3) is 0.556. The molecule has 4 rings (SSSR count). The van der Waals surface area contributed by atoms with Gasteiger partial charge in [-0.3, -0.25) is 4.90 Å². The first-order valence-corrected chi connectivity index (χ1v) is 8.49. The van der Waals surface area contributed by atoms with Crippen LogP contribution in [0.25, 0.3) is 11.4 Å². The second-order valence-corrected chi connectivity index (χ2v) is 7.09. The molecule has 2 aliphatic rings. The summed E-state index contributed by atoms with van der Waals surface area (Å²) < 4.78 is 11.0. The Morgan fingerprint density at radius 3 is 2.92 bits per heavy atom. The lowest BCUT2D eigenvalue weighted by molar-refractivity contribution is -0.0417. The number of aromatic nitrogens is 2. The Labute approximate surface area is 141 Å². The molecule has 1 aromatic carbocycles. The van der Waals surface area contributed by atoms with Gasteiger partial charge in [0, 0.05) is 36.6 Å². The number of hydrogen-bond donors (Lipinski definition) is 1. The predicted octanol–water partition coefficient (Wildman–Crippen LogP) is 1.88. The average Bonchev–Trinajstić information content (AvgIpc) is 3.20. The van der Waals surface area contributed by atoms with Crippen molar-refractivity contribution in [2.45, 2.75) is 19.9 Å². The van der Waals surface area contributed by atoms with Crippen LogP contribution in [0.15, 0.2) is 28.8 Å². The molecule has 0 bridgehead atoms. The standard InChI is InChI=1S/C18H23N3O3/c1-13-2-4-14(5-3-13)17-19-16(24-20-17)9-21-8-15-10-23-7-6-18(15,11-21)12-22/h2-5,15,22H,6-12H2,1H3/t15-,18-/m1/s1. The SMILES string of the molecule is Cc1ccc(-c2noc(CN3C[C@@H]4COCC[C@]4(CO)C3)n2)cc1. The summed E-state index contributed by atoms with van der Waals surface area (Å²) in [4.78, 5) is 6.82. The van der Waals surface area contributed by atoms with E-state index in [0.29, 0.717) is 24.2 Å². The van der Waals surface area contributed by atoms with Gasteiger partial charge in [-0.15, -0.1) is 0 Å². The molecular weight excluding hydrogens is 306 g/mol. The third kappa shape index (κ3) is 2.85. The van der Waals surface area contributed by atoms with Gasteiger partial charge in [0.25, 0.3) is 0 Å². The Morgan fingerprint density at radius 2 is 2.17 bits per heavy atom. The highest BCUT2D eigenvalue weighted by molar-refractivity contribution is 5.54. The van der Waals surface area contributed by atoms with Crippen LogP contribution < -0.4 is 0 Å². The zero-order chi connectivity index (χ0) is 16.6. The molecule has 6 nitrogen and oxygen atoms in total. The molecule has 1 aromatic heterocycles. The molecule has 0 radical (unpaired) electrons. The van der Waals surface area contributed by atoms with Gasteiger partial charge in [-0.2, -0.15) is 4.98 Å². The highest BCUT2D eigenvalue weighted by Crippen LogP contribution is 2.42. The highest BCUT2D eigenvalue weighted by atomic mass is 16.5. The summed E-state index contributed by atoms with van der Waals surface area (Å²) in [7, 11) is 0. The number of hydrogen-bond acceptors (Lipinski definition) is 6. The maximum atomic E-state index is 9.88. The van der Waals surface area contributed by atoms with Gasteiger partial charge in [0.1, 0.15) is 0 Å². The van der Waals surface area contributed by atoms with Crippen molar-refractivity contribution < 1.29 is 14.4 Å². The smallest absolute Gasteiger partial charge is 0.241 e. The Morgan fingerprint density at radius 1 is 1.33 bits per heavy atom. The molecule has 24 heavy (non-hydrogen) atoms. The van der Waals surface area contributed by atoms with E-state index in [1.54, 1.807) is 0 Å². The van der Waals surface area contributed by atoms with Crippen molar-refractivity contribution in [3.05, 3.63) is 35.7 Å². The van der Waals surface area contributed by atoms with E-state index in [1.165, 1.54) is 5.56 Å². The Kier molecular flexibility index (Phi) is 4.12. The summed E-state index contributed by atoms with van der Waals surface area (Å²) in [6.45, 7) is 6.13. The summed E-state index contributed by atoms with van der Waals surface area (Å²) >= 11 is 0. The molecule has 2 atom stereocenters. The zero-order valence-corrected chi connectivity index (χ0v) is 13.9. The molecule has 2 saturated heterocycles. The fourth-order valence-corrected chi connectivity index (χ4v) is 3.87. The van der Waals surface area contributed by atoms with Gasteiger partial charge < -0.3 is 14.4 Å². The minimum absolute atomic E-state index is 0.0297. The maximum absolute atomic E-state index is 9.88. The Hall–Kier alpha value is -1.76. The minimum atomic E-state index is -0.0297. The van der Waals surface area contributed by atoms with Gasteiger partial charge in [-0.1, -0.05) is 35.0 Å². The van der Waals surface area contributed by atoms with Crippen LogP contribution in [0, 0.1) is 18.3 Å². The topological polar surface area (TPSA) is 71.6 Å². The lowest BCUT2D eigenvalue weighted by Crippen LogP contribution is -2.41. The van der Waals surface area contributed by atoms with Gasteiger partial charge in [0.15, 0.2) is 0 Å². The summed E-state index contributed by atoms with van der Waals surface area (Å²) in [5, 5.41) is 14.0. The van der Waals surface area contributed by atoms with Crippen molar-refractivity contribution in [3.63, 3.8) is 0 Å². The Bertz CT molecular complexity index is 700. The van der Waals surface area contributed by atoms with Crippen LogP contribution >= 0.6 is 0 Å². The summed E-state index contributed by atoms with van der Waals surface area (Å²) in [6, 6.07) is 8.10. The molecule has 2 aromatic rings. The van der Waals surface area contributed by atoms with Gasteiger partial charge in [-0.05, 0) is 13.3 Å². The third-order valence-electron chi connectivity index (χ3n) is 5.40. The molecular formula is C18H23N3O3. The normalized spacial score (nSPS) is 27.3. The lowest BCUT2D eigenvalue weighted by Gasteiger charge is -2.36. The number of aliphatic hydroxyl groups excluding tert-OH is 1. The average molecular weight is 329 g/mol. The van der Waals surface area contributed by atoms with Crippen molar-refractivity contribution in [1.82, 2.24) is 15.0 Å². The highest BCUT2D eigenvalue weighted by Gasteiger charge is 2.48. The minimum Gasteiger partial charge on any atom is -0.396 e. The molecule has 3 heterocycles.